The fourth-order valence-corrected chi connectivity index (χ4v) is 5.02. The van der Waals surface area contributed by atoms with Gasteiger partial charge in [-0.15, -0.1) is 0 Å². The Balaban J connectivity index is 2.42. The highest BCUT2D eigenvalue weighted by atomic mass is 31.1. The van der Waals surface area contributed by atoms with E-state index in [1.165, 1.54) is 5.30 Å². The van der Waals surface area contributed by atoms with Gasteiger partial charge in [-0.2, -0.15) is 0 Å². The fraction of sp³-hybridized carbons (Fsp3) is 0.235. The van der Waals surface area contributed by atoms with Crippen LogP contribution in [0.1, 0.15) is 5.56 Å². The van der Waals surface area contributed by atoms with Crippen LogP contribution < -0.4 is 15.8 Å². The van der Waals surface area contributed by atoms with Crippen molar-refractivity contribution in [3.05, 3.63) is 48.0 Å². The van der Waals surface area contributed by atoms with Gasteiger partial charge in [-0.05, 0) is 16.1 Å². The van der Waals surface area contributed by atoms with E-state index in [0.717, 1.165) is 16.1 Å². The van der Waals surface area contributed by atoms with Gasteiger partial charge in [0.05, 0.1) is 8.07 Å². The minimum Gasteiger partial charge on any atom is -0.507 e. The monoisotopic (exact) mass is 315 g/mol. The Bertz CT molecular complexity index is 662. The molecule has 0 saturated heterocycles. The van der Waals surface area contributed by atoms with Crippen LogP contribution in [-0.2, 0) is 0 Å². The van der Waals surface area contributed by atoms with Crippen LogP contribution in [0.4, 0.5) is 0 Å². The summed E-state index contributed by atoms with van der Waals surface area (Å²) < 4.78 is 0. The number of para-hydroxylation sites is 1. The van der Waals surface area contributed by atoms with Crippen molar-refractivity contribution < 1.29 is 5.11 Å². The lowest BCUT2D eigenvalue weighted by molar-refractivity contribution is 0.483. The molecule has 0 aromatic heterocycles. The molecule has 4 heteroatoms. The molecule has 0 amide bonds. The van der Waals surface area contributed by atoms with Crippen molar-refractivity contribution >= 4 is 38.7 Å². The summed E-state index contributed by atoms with van der Waals surface area (Å²) in [5.74, 6) is 0.484. The van der Waals surface area contributed by atoms with E-state index in [4.69, 9.17) is 0 Å². The van der Waals surface area contributed by atoms with Gasteiger partial charge in [0.1, 0.15) is 5.75 Å². The Hall–Kier alpha value is -1.44. The number of nitrogens with zero attached hydrogens (tertiary/aromatic N) is 1. The van der Waals surface area contributed by atoms with Crippen molar-refractivity contribution in [3.63, 3.8) is 0 Å². The Morgan fingerprint density at radius 1 is 1.00 bits per heavy atom. The maximum absolute atomic E-state index is 10.6. The first-order chi connectivity index (χ1) is 9.93. The number of rotatable bonds is 4. The zero-order valence-corrected chi connectivity index (χ0v) is 15.0. The standard InChI is InChI=1S/C17H22NOPSi/c1-18-12-13-8-5-6-9-14(13)20-15-10-7-11-16(17(15)19)21(2,3)4/h5-12,19-20H,1-4H3/b18-12+. The molecule has 0 heterocycles. The van der Waals surface area contributed by atoms with Gasteiger partial charge >= 0.3 is 0 Å². The zero-order chi connectivity index (χ0) is 15.5. The minimum atomic E-state index is -1.53. The summed E-state index contributed by atoms with van der Waals surface area (Å²) in [6, 6.07) is 14.4. The highest BCUT2D eigenvalue weighted by Gasteiger charge is 2.21. The molecule has 1 unspecified atom stereocenters. The van der Waals surface area contributed by atoms with E-state index in [9.17, 15) is 5.11 Å². The molecule has 2 nitrogen and oxygen atoms in total. The molecular weight excluding hydrogens is 293 g/mol. The van der Waals surface area contributed by atoms with Crippen LogP contribution >= 0.6 is 8.58 Å². The van der Waals surface area contributed by atoms with Crippen LogP contribution in [0.3, 0.4) is 0 Å². The van der Waals surface area contributed by atoms with Crippen molar-refractivity contribution in [3.8, 4) is 5.75 Å². The molecule has 0 aliphatic carbocycles. The average molecular weight is 315 g/mol. The summed E-state index contributed by atoms with van der Waals surface area (Å²) in [6.45, 7) is 6.77. The highest BCUT2D eigenvalue weighted by molar-refractivity contribution is 7.56. The molecule has 0 radical (unpaired) electrons. The summed E-state index contributed by atoms with van der Waals surface area (Å²) in [6.07, 6.45) is 1.88. The molecule has 21 heavy (non-hydrogen) atoms. The predicted octanol–water partition coefficient (Wildman–Crippen LogP) is 2.62. The maximum Gasteiger partial charge on any atom is 0.122 e. The summed E-state index contributed by atoms with van der Waals surface area (Å²) >= 11 is 0. The van der Waals surface area contributed by atoms with E-state index in [1.807, 2.05) is 24.4 Å². The number of hydrogen-bond acceptors (Lipinski definition) is 2. The molecule has 0 fully saturated rings. The van der Waals surface area contributed by atoms with E-state index >= 15 is 0 Å². The number of aliphatic imine (C=N–C) groups is 1. The normalized spacial score (nSPS) is 12.6. The molecule has 0 aliphatic heterocycles. The van der Waals surface area contributed by atoms with E-state index < -0.39 is 8.07 Å². The summed E-state index contributed by atoms with van der Waals surface area (Å²) in [5.41, 5.74) is 1.12. The summed E-state index contributed by atoms with van der Waals surface area (Å²) in [4.78, 5) is 4.11. The van der Waals surface area contributed by atoms with E-state index in [2.05, 4.69) is 48.9 Å². The average Bonchev–Trinajstić information content (AvgIpc) is 2.42. The maximum atomic E-state index is 10.6. The van der Waals surface area contributed by atoms with Crippen LogP contribution in [0.5, 0.6) is 5.75 Å². The van der Waals surface area contributed by atoms with Gasteiger partial charge in [-0.3, -0.25) is 4.99 Å². The third-order valence-corrected chi connectivity index (χ3v) is 6.76. The van der Waals surface area contributed by atoms with Crippen LogP contribution in [-0.4, -0.2) is 26.4 Å². The Morgan fingerprint density at radius 3 is 2.33 bits per heavy atom. The molecule has 1 N–H and O–H groups in total. The molecule has 110 valence electrons. The predicted molar refractivity (Wildman–Crippen MR) is 98.6 cm³/mol. The molecule has 2 aromatic rings. The van der Waals surface area contributed by atoms with Gasteiger partial charge in [0.2, 0.25) is 0 Å². The topological polar surface area (TPSA) is 32.6 Å². The lowest BCUT2D eigenvalue weighted by Crippen LogP contribution is -2.39. The van der Waals surface area contributed by atoms with Crippen molar-refractivity contribution in [1.29, 1.82) is 0 Å². The van der Waals surface area contributed by atoms with Crippen molar-refractivity contribution in [2.45, 2.75) is 19.6 Å². The highest BCUT2D eigenvalue weighted by Crippen LogP contribution is 2.20. The van der Waals surface area contributed by atoms with Gasteiger partial charge in [0, 0.05) is 18.6 Å². The quantitative estimate of drug-likeness (QED) is 0.525. The van der Waals surface area contributed by atoms with Crippen LogP contribution in [0, 0.1) is 0 Å². The molecule has 1 atom stereocenters. The second kappa shape index (κ2) is 6.55. The number of phenolic OH excluding ortho intramolecular Hbond substituents is 1. The summed E-state index contributed by atoms with van der Waals surface area (Å²) in [7, 11) is 0.694. The molecule has 2 aromatic carbocycles. The van der Waals surface area contributed by atoms with Gasteiger partial charge in [0.15, 0.2) is 0 Å². The smallest absolute Gasteiger partial charge is 0.122 e. The summed E-state index contributed by atoms with van der Waals surface area (Å²) in [5, 5.41) is 14.0. The van der Waals surface area contributed by atoms with Gasteiger partial charge < -0.3 is 5.11 Å². The lowest BCUT2D eigenvalue weighted by atomic mass is 10.2. The third-order valence-electron chi connectivity index (χ3n) is 3.34. The molecule has 0 bridgehead atoms. The van der Waals surface area contributed by atoms with Crippen molar-refractivity contribution in [2.75, 3.05) is 7.05 Å². The number of benzene rings is 2. The third kappa shape index (κ3) is 3.81. The first-order valence-electron chi connectivity index (χ1n) is 7.04. The molecule has 0 spiro atoms. The SMILES string of the molecule is C/N=C/c1ccccc1Pc1cccc([Si](C)(C)C)c1O. The van der Waals surface area contributed by atoms with Crippen LogP contribution in [0.15, 0.2) is 47.5 Å². The van der Waals surface area contributed by atoms with E-state index in [1.54, 1.807) is 7.05 Å². The Labute approximate surface area is 129 Å². The second-order valence-electron chi connectivity index (χ2n) is 6.05. The molecule has 0 aliphatic rings. The minimum absolute atomic E-state index is 0.441. The molecular formula is C17H22NOPSi. The zero-order valence-electron chi connectivity index (χ0n) is 13.0. The molecule has 0 saturated carbocycles. The first-order valence-corrected chi connectivity index (χ1v) is 11.5. The van der Waals surface area contributed by atoms with Gasteiger partial charge in [-0.1, -0.05) is 70.7 Å². The van der Waals surface area contributed by atoms with Crippen LogP contribution in [0.25, 0.3) is 0 Å². The van der Waals surface area contributed by atoms with Gasteiger partial charge in [-0.25, -0.2) is 0 Å². The van der Waals surface area contributed by atoms with Crippen molar-refractivity contribution in [2.24, 2.45) is 4.99 Å². The van der Waals surface area contributed by atoms with Crippen molar-refractivity contribution in [1.82, 2.24) is 0 Å². The Morgan fingerprint density at radius 2 is 1.67 bits per heavy atom. The van der Waals surface area contributed by atoms with E-state index in [0.29, 0.717) is 14.3 Å². The number of hydrogen-bond donors (Lipinski definition) is 1. The first kappa shape index (κ1) is 15.9. The fourth-order valence-electron chi connectivity index (χ4n) is 2.26. The van der Waals surface area contributed by atoms with E-state index in [-0.39, 0.29) is 0 Å². The molecule has 2 rings (SSSR count). The Kier molecular flexibility index (Phi) is 4.97. The second-order valence-corrected chi connectivity index (χ2v) is 12.4. The van der Waals surface area contributed by atoms with Gasteiger partial charge in [0.25, 0.3) is 0 Å². The lowest BCUT2D eigenvalue weighted by Gasteiger charge is -2.20. The number of phenols is 1. The number of aromatic hydroxyl groups is 1. The van der Waals surface area contributed by atoms with Crippen LogP contribution in [0.2, 0.25) is 19.6 Å². The largest absolute Gasteiger partial charge is 0.507 e.